The number of nitrogens with one attached hydrogen (secondary N) is 1. The first-order valence-corrected chi connectivity index (χ1v) is 17.4. The van der Waals surface area contributed by atoms with E-state index in [1.54, 1.807) is 0 Å². The fourth-order valence-electron chi connectivity index (χ4n) is 9.39. The van der Waals surface area contributed by atoms with Gasteiger partial charge in [0, 0.05) is 49.2 Å². The van der Waals surface area contributed by atoms with Gasteiger partial charge in [0.05, 0.1) is 6.54 Å². The first-order valence-electron chi connectivity index (χ1n) is 16.6. The number of piperazine rings is 1. The predicted molar refractivity (Wildman–Crippen MR) is 180 cm³/mol. The number of carbonyl (C=O) groups is 2. The number of nitrogens with zero attached hydrogens (tertiary/aromatic N) is 2. The zero-order chi connectivity index (χ0) is 30.9. The van der Waals surface area contributed by atoms with Crippen molar-refractivity contribution in [1.82, 2.24) is 15.1 Å². The lowest BCUT2D eigenvalue weighted by Gasteiger charge is -2.62. The highest BCUT2D eigenvalue weighted by Gasteiger charge is 2.58. The average molecular weight is 671 g/mol. The quantitative estimate of drug-likeness (QED) is 0.261. The summed E-state index contributed by atoms with van der Waals surface area (Å²) < 4.78 is 7.24. The van der Waals surface area contributed by atoms with Gasteiger partial charge in [0.15, 0.2) is 0 Å². The smallest absolute Gasteiger partial charge is 0.242 e. The maximum atomic E-state index is 13.3. The Morgan fingerprint density at radius 2 is 1.53 bits per heavy atom. The van der Waals surface area contributed by atoms with E-state index in [2.05, 4.69) is 80.7 Å². The van der Waals surface area contributed by atoms with Crippen LogP contribution >= 0.6 is 15.9 Å². The van der Waals surface area contributed by atoms with Crippen molar-refractivity contribution in [1.29, 1.82) is 0 Å². The van der Waals surface area contributed by atoms with Crippen molar-refractivity contribution in [2.24, 2.45) is 17.3 Å². The number of hydrogen-bond acceptors (Lipinski definition) is 4. The largest absolute Gasteiger partial charge is 0.489 e. The summed E-state index contributed by atoms with van der Waals surface area (Å²) in [5.41, 5.74) is 4.06. The second-order valence-electron chi connectivity index (χ2n) is 14.2. The molecule has 3 aromatic carbocycles. The van der Waals surface area contributed by atoms with Crippen molar-refractivity contribution in [3.8, 4) is 5.75 Å². The monoisotopic (exact) mass is 669 g/mol. The first-order chi connectivity index (χ1) is 21.9. The van der Waals surface area contributed by atoms with Gasteiger partial charge in [0.2, 0.25) is 11.8 Å². The maximum Gasteiger partial charge on any atom is 0.242 e. The van der Waals surface area contributed by atoms with Crippen LogP contribution in [0.1, 0.15) is 61.6 Å². The van der Waals surface area contributed by atoms with E-state index in [4.69, 9.17) is 4.74 Å². The molecule has 4 saturated carbocycles. The Morgan fingerprint density at radius 1 is 0.844 bits per heavy atom. The minimum absolute atomic E-state index is 0.0208. The predicted octanol–water partition coefficient (Wildman–Crippen LogP) is 6.72. The summed E-state index contributed by atoms with van der Waals surface area (Å²) in [7, 11) is 0. The Bertz CT molecular complexity index is 1490. The van der Waals surface area contributed by atoms with Gasteiger partial charge in [-0.1, -0.05) is 76.6 Å². The van der Waals surface area contributed by atoms with Gasteiger partial charge in [-0.25, -0.2) is 0 Å². The molecule has 0 aromatic heterocycles. The molecule has 5 fully saturated rings. The van der Waals surface area contributed by atoms with Crippen LogP contribution in [-0.2, 0) is 28.2 Å². The summed E-state index contributed by atoms with van der Waals surface area (Å²) in [6, 6.07) is 27.4. The molecule has 0 radical (unpaired) electrons. The molecule has 4 aliphatic carbocycles. The van der Waals surface area contributed by atoms with Crippen molar-refractivity contribution in [3.05, 3.63) is 100 Å². The number of halogens is 1. The molecule has 3 aromatic rings. The molecule has 4 bridgehead atoms. The molecular formula is C38H44BrN3O3. The van der Waals surface area contributed by atoms with Crippen LogP contribution in [0.3, 0.4) is 0 Å². The zero-order valence-corrected chi connectivity index (χ0v) is 27.6. The molecule has 5 aliphatic rings. The van der Waals surface area contributed by atoms with Crippen molar-refractivity contribution in [2.45, 2.75) is 63.5 Å². The van der Waals surface area contributed by atoms with Crippen molar-refractivity contribution in [3.63, 3.8) is 0 Å². The van der Waals surface area contributed by atoms with Gasteiger partial charge in [-0.15, -0.1) is 0 Å². The van der Waals surface area contributed by atoms with Crippen LogP contribution in [0.25, 0.3) is 0 Å². The lowest BCUT2D eigenvalue weighted by atomic mass is 9.42. The molecular weight excluding hydrogens is 626 g/mol. The normalized spacial score (nSPS) is 27.4. The third-order valence-electron chi connectivity index (χ3n) is 10.9. The van der Waals surface area contributed by atoms with E-state index in [-0.39, 0.29) is 29.2 Å². The fraction of sp³-hybridized carbons (Fsp3) is 0.474. The average Bonchev–Trinajstić information content (AvgIpc) is 3.04. The second kappa shape index (κ2) is 12.9. The minimum Gasteiger partial charge on any atom is -0.489 e. The van der Waals surface area contributed by atoms with Gasteiger partial charge in [0.1, 0.15) is 12.4 Å². The molecule has 1 saturated heterocycles. The molecule has 0 spiro atoms. The van der Waals surface area contributed by atoms with Crippen LogP contribution in [0.15, 0.2) is 83.3 Å². The molecule has 6 nitrogen and oxygen atoms in total. The van der Waals surface area contributed by atoms with E-state index >= 15 is 0 Å². The molecule has 1 N–H and O–H groups in total. The highest BCUT2D eigenvalue weighted by molar-refractivity contribution is 9.10. The first kappa shape index (κ1) is 30.5. The standard InChI is InChI=1S/C38H44BrN3O3/c39-33-12-10-28(11-13-33)26-45-34-9-5-4-6-31(34)25-41-14-16-42(17-15-41)36(44)24-40-35(43)23-37-19-29-18-30(20-37)22-38(21-29,27-37)32-7-2-1-3-8-32/h1-13,29-30H,14-27H2,(H,40,43). The van der Waals surface area contributed by atoms with Crippen LogP contribution in [0.4, 0.5) is 0 Å². The molecule has 236 valence electrons. The second-order valence-corrected chi connectivity index (χ2v) is 15.2. The number of benzene rings is 3. The van der Waals surface area contributed by atoms with Gasteiger partial charge >= 0.3 is 0 Å². The van der Waals surface area contributed by atoms with E-state index in [9.17, 15) is 9.59 Å². The Kier molecular flexibility index (Phi) is 8.75. The Labute approximate surface area is 275 Å². The number of carbonyl (C=O) groups excluding carboxylic acids is 2. The number of ether oxygens (including phenoxy) is 1. The molecule has 1 aliphatic heterocycles. The van der Waals surface area contributed by atoms with Crippen LogP contribution in [0.2, 0.25) is 0 Å². The lowest BCUT2D eigenvalue weighted by Crippen LogP contribution is -2.55. The molecule has 2 unspecified atom stereocenters. The summed E-state index contributed by atoms with van der Waals surface area (Å²) in [5, 5.41) is 3.03. The van der Waals surface area contributed by atoms with E-state index in [0.29, 0.717) is 26.1 Å². The van der Waals surface area contributed by atoms with Gasteiger partial charge < -0.3 is 15.0 Å². The minimum atomic E-state index is 0.0208. The number of rotatable bonds is 10. The van der Waals surface area contributed by atoms with E-state index < -0.39 is 0 Å². The maximum absolute atomic E-state index is 13.3. The van der Waals surface area contributed by atoms with Gasteiger partial charge in [0.25, 0.3) is 0 Å². The van der Waals surface area contributed by atoms with Gasteiger partial charge in [-0.05, 0) is 90.5 Å². The van der Waals surface area contributed by atoms with Crippen LogP contribution in [0.5, 0.6) is 5.75 Å². The van der Waals surface area contributed by atoms with Gasteiger partial charge in [-0.2, -0.15) is 0 Å². The van der Waals surface area contributed by atoms with Crippen molar-refractivity contribution < 1.29 is 14.3 Å². The number of para-hydroxylation sites is 1. The Morgan fingerprint density at radius 3 is 2.27 bits per heavy atom. The molecule has 7 heteroatoms. The SMILES string of the molecule is O=C(CC12CC3CC(C1)CC(c1ccccc1)(C3)C2)NCC(=O)N1CCN(Cc2ccccc2OCc2ccc(Br)cc2)CC1. The molecule has 2 atom stereocenters. The van der Waals surface area contributed by atoms with E-state index in [0.717, 1.165) is 59.2 Å². The third kappa shape index (κ3) is 6.85. The Hall–Kier alpha value is -3.16. The Balaban J connectivity index is 0.880. The summed E-state index contributed by atoms with van der Waals surface area (Å²) in [5.74, 6) is 2.42. The highest BCUT2D eigenvalue weighted by Crippen LogP contribution is 2.66. The van der Waals surface area contributed by atoms with Crippen molar-refractivity contribution >= 4 is 27.7 Å². The topological polar surface area (TPSA) is 61.9 Å². The molecule has 1 heterocycles. The third-order valence-corrected chi connectivity index (χ3v) is 11.5. The molecule has 2 amide bonds. The molecule has 45 heavy (non-hydrogen) atoms. The summed E-state index contributed by atoms with van der Waals surface area (Å²) in [6.45, 7) is 4.34. The van der Waals surface area contributed by atoms with Crippen LogP contribution in [0, 0.1) is 17.3 Å². The summed E-state index contributed by atoms with van der Waals surface area (Å²) in [6.07, 6.45) is 7.86. The van der Waals surface area contributed by atoms with Crippen LogP contribution < -0.4 is 10.1 Å². The highest BCUT2D eigenvalue weighted by atomic mass is 79.9. The summed E-state index contributed by atoms with van der Waals surface area (Å²) >= 11 is 3.48. The van der Waals surface area contributed by atoms with E-state index in [1.807, 2.05) is 29.2 Å². The lowest BCUT2D eigenvalue weighted by molar-refractivity contribution is -0.137. The zero-order valence-electron chi connectivity index (χ0n) is 26.1. The van der Waals surface area contributed by atoms with E-state index in [1.165, 1.54) is 37.7 Å². The van der Waals surface area contributed by atoms with Gasteiger partial charge in [-0.3, -0.25) is 14.5 Å². The summed E-state index contributed by atoms with van der Waals surface area (Å²) in [4.78, 5) is 30.7. The number of amides is 2. The fourth-order valence-corrected chi connectivity index (χ4v) is 9.66. The van der Waals surface area contributed by atoms with Crippen molar-refractivity contribution in [2.75, 3.05) is 32.7 Å². The molecule has 8 rings (SSSR count). The van der Waals surface area contributed by atoms with Crippen LogP contribution in [-0.4, -0.2) is 54.3 Å². The number of hydrogen-bond donors (Lipinski definition) is 1.